The number of hydrogen-bond donors (Lipinski definition) is 2. The van der Waals surface area contributed by atoms with E-state index in [1.54, 1.807) is 6.07 Å². The van der Waals surface area contributed by atoms with Crippen LogP contribution in [0.5, 0.6) is 5.75 Å². The maximum absolute atomic E-state index is 14.2. The van der Waals surface area contributed by atoms with Gasteiger partial charge in [0.15, 0.2) is 11.6 Å². The Kier molecular flexibility index (Phi) is 6.94. The van der Waals surface area contributed by atoms with E-state index in [1.807, 2.05) is 0 Å². The summed E-state index contributed by atoms with van der Waals surface area (Å²) in [6, 6.07) is 8.88. The molecule has 2 rings (SSSR count). The van der Waals surface area contributed by atoms with Gasteiger partial charge in [0.05, 0.1) is 29.9 Å². The number of rotatable bonds is 9. The average Bonchev–Trinajstić information content (AvgIpc) is 2.65. The van der Waals surface area contributed by atoms with E-state index < -0.39 is 27.8 Å². The molecule has 0 bridgehead atoms. The van der Waals surface area contributed by atoms with Crippen LogP contribution in [-0.4, -0.2) is 39.2 Å². The fraction of sp³-hybridized carbons (Fsp3) is 0.222. The summed E-state index contributed by atoms with van der Waals surface area (Å²) in [6.45, 7) is -0.0277. The minimum atomic E-state index is -4.18. The molecule has 28 heavy (non-hydrogen) atoms. The van der Waals surface area contributed by atoms with Crippen molar-refractivity contribution in [3.05, 3.63) is 53.8 Å². The number of nitrogens with one attached hydrogen (secondary N) is 1. The van der Waals surface area contributed by atoms with Crippen LogP contribution in [0.25, 0.3) is 0 Å². The van der Waals surface area contributed by atoms with Crippen molar-refractivity contribution in [3.8, 4) is 5.75 Å². The normalized spacial score (nSPS) is 10.9. The van der Waals surface area contributed by atoms with Crippen molar-refractivity contribution in [3.63, 3.8) is 0 Å². The summed E-state index contributed by atoms with van der Waals surface area (Å²) in [4.78, 5) is 21.8. The van der Waals surface area contributed by atoms with Crippen LogP contribution in [0.3, 0.4) is 0 Å². The van der Waals surface area contributed by atoms with E-state index in [1.165, 1.54) is 18.2 Å². The Morgan fingerprint density at radius 1 is 1.18 bits per heavy atom. The van der Waals surface area contributed by atoms with E-state index in [9.17, 15) is 22.4 Å². The van der Waals surface area contributed by atoms with Gasteiger partial charge in [-0.15, -0.1) is 0 Å². The molecule has 0 unspecified atom stereocenters. The molecular formula is C18H18FNO7S. The van der Waals surface area contributed by atoms with Crippen molar-refractivity contribution in [2.24, 2.45) is 0 Å². The number of benzene rings is 2. The molecule has 0 heterocycles. The van der Waals surface area contributed by atoms with Crippen molar-refractivity contribution < 1.29 is 37.0 Å². The third-order valence-electron chi connectivity index (χ3n) is 3.58. The van der Waals surface area contributed by atoms with E-state index in [4.69, 9.17) is 9.84 Å². The highest BCUT2D eigenvalue weighted by Gasteiger charge is 2.20. The maximum Gasteiger partial charge on any atom is 0.339 e. The molecule has 0 atom stereocenters. The number of sulfonamides is 1. The van der Waals surface area contributed by atoms with Crippen molar-refractivity contribution in [1.29, 1.82) is 0 Å². The summed E-state index contributed by atoms with van der Waals surface area (Å²) in [5, 5.41) is 8.55. The van der Waals surface area contributed by atoms with Gasteiger partial charge in [0, 0.05) is 6.42 Å². The van der Waals surface area contributed by atoms with Crippen LogP contribution in [-0.2, 0) is 19.6 Å². The van der Waals surface area contributed by atoms with Gasteiger partial charge in [-0.25, -0.2) is 17.6 Å². The zero-order valence-corrected chi connectivity index (χ0v) is 15.7. The Labute approximate surface area is 160 Å². The van der Waals surface area contributed by atoms with E-state index in [2.05, 4.69) is 9.46 Å². The number of carbonyl (C=O) groups is 2. The molecule has 2 N–H and O–H groups in total. The van der Waals surface area contributed by atoms with E-state index in [0.29, 0.717) is 0 Å². The second kappa shape index (κ2) is 9.18. The fourth-order valence-corrected chi connectivity index (χ4v) is 3.33. The molecule has 0 radical (unpaired) electrons. The van der Waals surface area contributed by atoms with Crippen LogP contribution in [0.2, 0.25) is 0 Å². The number of aliphatic carboxylic acids is 1. The number of carboxylic acid groups (broad SMARTS) is 1. The molecule has 0 saturated heterocycles. The predicted molar refractivity (Wildman–Crippen MR) is 97.4 cm³/mol. The summed E-state index contributed by atoms with van der Waals surface area (Å²) < 4.78 is 51.2. The van der Waals surface area contributed by atoms with Crippen LogP contribution in [0, 0.1) is 5.82 Å². The lowest BCUT2D eigenvalue weighted by atomic mass is 10.2. The van der Waals surface area contributed by atoms with Gasteiger partial charge in [-0.05, 0) is 36.8 Å². The summed E-state index contributed by atoms with van der Waals surface area (Å²) in [7, 11) is -3.02. The second-order valence-corrected chi connectivity index (χ2v) is 7.26. The molecule has 0 fully saturated rings. The minimum Gasteiger partial charge on any atom is -0.491 e. The number of carbonyl (C=O) groups excluding carboxylic acids is 1. The molecule has 0 aliphatic heterocycles. The quantitative estimate of drug-likeness (QED) is 0.481. The van der Waals surface area contributed by atoms with Crippen LogP contribution in [0.1, 0.15) is 23.2 Å². The number of ether oxygens (including phenoxy) is 2. The zero-order chi connectivity index (χ0) is 20.7. The summed E-state index contributed by atoms with van der Waals surface area (Å²) >= 11 is 0. The van der Waals surface area contributed by atoms with Gasteiger partial charge >= 0.3 is 11.9 Å². The number of hydrogen-bond acceptors (Lipinski definition) is 6. The summed E-state index contributed by atoms with van der Waals surface area (Å²) in [5.74, 6) is -2.84. The number of carboxylic acids is 1. The van der Waals surface area contributed by atoms with Crippen molar-refractivity contribution in [1.82, 2.24) is 0 Å². The average molecular weight is 411 g/mol. The topological polar surface area (TPSA) is 119 Å². The van der Waals surface area contributed by atoms with Crippen LogP contribution >= 0.6 is 0 Å². The highest BCUT2D eigenvalue weighted by atomic mass is 32.2. The first kappa shape index (κ1) is 21.2. The Morgan fingerprint density at radius 2 is 1.89 bits per heavy atom. The maximum atomic E-state index is 14.2. The molecule has 150 valence electrons. The summed E-state index contributed by atoms with van der Waals surface area (Å²) in [6.07, 6.45) is 0.0539. The van der Waals surface area contributed by atoms with Crippen molar-refractivity contribution in [2.45, 2.75) is 17.7 Å². The van der Waals surface area contributed by atoms with Crippen LogP contribution in [0.15, 0.2) is 47.4 Å². The monoisotopic (exact) mass is 411 g/mol. The number of anilines is 1. The summed E-state index contributed by atoms with van der Waals surface area (Å²) in [5.41, 5.74) is -0.00353. The van der Waals surface area contributed by atoms with Crippen molar-refractivity contribution >= 4 is 27.6 Å². The first-order valence-corrected chi connectivity index (χ1v) is 9.57. The molecule has 8 nitrogen and oxygen atoms in total. The lowest BCUT2D eigenvalue weighted by Crippen LogP contribution is -2.16. The fourth-order valence-electron chi connectivity index (χ4n) is 2.24. The molecule has 0 spiro atoms. The van der Waals surface area contributed by atoms with Gasteiger partial charge in [-0.3, -0.25) is 9.52 Å². The minimum absolute atomic E-state index is 0.00688. The van der Waals surface area contributed by atoms with Gasteiger partial charge < -0.3 is 14.6 Å². The Hall–Kier alpha value is -3.14. The van der Waals surface area contributed by atoms with E-state index in [-0.39, 0.29) is 41.3 Å². The predicted octanol–water partition coefficient (Wildman–Crippen LogP) is 2.66. The Balaban J connectivity index is 2.17. The zero-order valence-electron chi connectivity index (χ0n) is 14.8. The standard InChI is InChI=1S/C18H18FNO7S/c1-26-18(23)13-5-2-3-6-15(13)20-28(24,25)12-8-9-16(14(19)11-12)27-10-4-7-17(21)22/h2-3,5-6,8-9,11,20H,4,7,10H2,1H3,(H,21,22). The van der Waals surface area contributed by atoms with Crippen LogP contribution in [0.4, 0.5) is 10.1 Å². The Morgan fingerprint density at radius 3 is 2.54 bits per heavy atom. The van der Waals surface area contributed by atoms with Gasteiger partial charge in [-0.2, -0.15) is 0 Å². The van der Waals surface area contributed by atoms with Gasteiger partial charge in [0.1, 0.15) is 0 Å². The molecule has 2 aromatic carbocycles. The number of para-hydroxylation sites is 1. The molecule has 0 aliphatic rings. The van der Waals surface area contributed by atoms with Crippen molar-refractivity contribution in [2.75, 3.05) is 18.4 Å². The Bertz CT molecular complexity index is 976. The second-order valence-electron chi connectivity index (χ2n) is 5.58. The smallest absolute Gasteiger partial charge is 0.339 e. The number of halogens is 1. The largest absolute Gasteiger partial charge is 0.491 e. The van der Waals surface area contributed by atoms with Crippen LogP contribution < -0.4 is 9.46 Å². The third-order valence-corrected chi connectivity index (χ3v) is 4.95. The molecule has 0 saturated carbocycles. The number of esters is 1. The molecule has 10 heteroatoms. The molecule has 2 aromatic rings. The highest BCUT2D eigenvalue weighted by Crippen LogP contribution is 2.25. The van der Waals surface area contributed by atoms with Gasteiger partial charge in [-0.1, -0.05) is 12.1 Å². The first-order valence-electron chi connectivity index (χ1n) is 8.09. The molecule has 0 aliphatic carbocycles. The van der Waals surface area contributed by atoms with Gasteiger partial charge in [0.25, 0.3) is 10.0 Å². The highest BCUT2D eigenvalue weighted by molar-refractivity contribution is 7.92. The molecule has 0 aromatic heterocycles. The molecular weight excluding hydrogens is 393 g/mol. The van der Waals surface area contributed by atoms with Gasteiger partial charge in [0.2, 0.25) is 0 Å². The third kappa shape index (κ3) is 5.43. The van der Waals surface area contributed by atoms with E-state index in [0.717, 1.165) is 25.3 Å². The molecule has 0 amide bonds. The first-order chi connectivity index (χ1) is 13.2. The lowest BCUT2D eigenvalue weighted by Gasteiger charge is -2.12. The number of methoxy groups -OCH3 is 1. The SMILES string of the molecule is COC(=O)c1ccccc1NS(=O)(=O)c1ccc(OCCCC(=O)O)c(F)c1. The lowest BCUT2D eigenvalue weighted by molar-refractivity contribution is -0.137. The van der Waals surface area contributed by atoms with E-state index >= 15 is 0 Å².